The van der Waals surface area contributed by atoms with E-state index >= 15 is 0 Å². The van der Waals surface area contributed by atoms with Crippen molar-refractivity contribution < 1.29 is 4.79 Å². The molecule has 2 rings (SSSR count). The normalized spacial score (nSPS) is 11.9. The predicted molar refractivity (Wildman–Crippen MR) is 107 cm³/mol. The molecule has 0 atom stereocenters. The number of hydrogen-bond donors (Lipinski definition) is 1. The molecule has 0 amide bonds. The highest BCUT2D eigenvalue weighted by atomic mass is 16.1. The van der Waals surface area contributed by atoms with Gasteiger partial charge in [0.15, 0.2) is 0 Å². The molecule has 0 aliphatic heterocycles. The molecular formula is C22H24N2O2. The second-order valence-corrected chi connectivity index (χ2v) is 6.43. The zero-order chi connectivity index (χ0) is 19.1. The van der Waals surface area contributed by atoms with Gasteiger partial charge in [0.2, 0.25) is 0 Å². The van der Waals surface area contributed by atoms with E-state index in [1.807, 2.05) is 37.3 Å². The summed E-state index contributed by atoms with van der Waals surface area (Å²) in [5.74, 6) is 0.318. The number of rotatable bonds is 7. The minimum Gasteiger partial charge on any atom is -0.319 e. The minimum absolute atomic E-state index is 0.179. The molecule has 0 bridgehead atoms. The van der Waals surface area contributed by atoms with E-state index in [-0.39, 0.29) is 5.56 Å². The van der Waals surface area contributed by atoms with Crippen LogP contribution in [0.3, 0.4) is 0 Å². The molecular weight excluding hydrogens is 324 g/mol. The number of hydrogen-bond acceptors (Lipinski definition) is 3. The third-order valence-corrected chi connectivity index (χ3v) is 3.84. The summed E-state index contributed by atoms with van der Waals surface area (Å²) < 4.78 is 0. The van der Waals surface area contributed by atoms with Gasteiger partial charge in [-0.25, -0.2) is 4.98 Å². The maximum atomic E-state index is 12.5. The summed E-state index contributed by atoms with van der Waals surface area (Å²) in [5, 5.41) is 0. The highest BCUT2D eigenvalue weighted by Crippen LogP contribution is 2.26. The molecule has 1 heterocycles. The van der Waals surface area contributed by atoms with Gasteiger partial charge in [0.05, 0.1) is 11.4 Å². The number of aromatic amines is 1. The van der Waals surface area contributed by atoms with Gasteiger partial charge in [-0.3, -0.25) is 9.59 Å². The average molecular weight is 348 g/mol. The zero-order valence-corrected chi connectivity index (χ0v) is 15.5. The van der Waals surface area contributed by atoms with Crippen molar-refractivity contribution in [1.29, 1.82) is 0 Å². The number of nitrogens with zero attached hydrogens (tertiary/aromatic N) is 1. The number of carbonyl (C=O) groups excluding carboxylic acids is 1. The Balaban J connectivity index is 2.74. The van der Waals surface area contributed by atoms with Crippen molar-refractivity contribution in [3.05, 3.63) is 82.5 Å². The summed E-state index contributed by atoms with van der Waals surface area (Å²) >= 11 is 0. The number of nitrogens with one attached hydrogen (secondary N) is 1. The first-order valence-corrected chi connectivity index (χ1v) is 8.64. The molecule has 4 heteroatoms. The summed E-state index contributed by atoms with van der Waals surface area (Å²) in [5.41, 5.74) is 3.91. The molecule has 0 radical (unpaired) electrons. The molecule has 0 spiro atoms. The Kier molecular flexibility index (Phi) is 6.61. The Hall–Kier alpha value is -3.01. The Morgan fingerprint density at radius 1 is 1.27 bits per heavy atom. The van der Waals surface area contributed by atoms with Gasteiger partial charge >= 0.3 is 0 Å². The van der Waals surface area contributed by atoms with Crippen LogP contribution in [-0.4, -0.2) is 16.3 Å². The number of aldehydes is 1. The van der Waals surface area contributed by atoms with Crippen LogP contribution in [0.5, 0.6) is 0 Å². The fourth-order valence-corrected chi connectivity index (χ4v) is 2.68. The van der Waals surface area contributed by atoms with Crippen molar-refractivity contribution in [3.8, 4) is 11.3 Å². The van der Waals surface area contributed by atoms with Crippen LogP contribution >= 0.6 is 0 Å². The SMILES string of the molecule is C=C/C=C(\C=C/C)c1[nH]c(=O)c(CC(C)C)nc1-c1ccc(C=O)cc1. The maximum absolute atomic E-state index is 12.5. The van der Waals surface area contributed by atoms with E-state index in [0.29, 0.717) is 35.0 Å². The van der Waals surface area contributed by atoms with Gasteiger partial charge in [-0.15, -0.1) is 0 Å². The molecule has 0 aliphatic carbocycles. The van der Waals surface area contributed by atoms with Crippen LogP contribution < -0.4 is 5.56 Å². The van der Waals surface area contributed by atoms with E-state index in [1.165, 1.54) is 0 Å². The Morgan fingerprint density at radius 2 is 1.96 bits per heavy atom. The summed E-state index contributed by atoms with van der Waals surface area (Å²) in [6.45, 7) is 9.77. The van der Waals surface area contributed by atoms with Crippen molar-refractivity contribution >= 4 is 11.9 Å². The summed E-state index contributed by atoms with van der Waals surface area (Å²) in [7, 11) is 0. The van der Waals surface area contributed by atoms with Gasteiger partial charge in [0.1, 0.15) is 12.0 Å². The molecule has 1 N–H and O–H groups in total. The van der Waals surface area contributed by atoms with Crippen molar-refractivity contribution in [2.24, 2.45) is 5.92 Å². The fourth-order valence-electron chi connectivity index (χ4n) is 2.68. The molecule has 2 aromatic rings. The highest BCUT2D eigenvalue weighted by molar-refractivity contribution is 5.83. The van der Waals surface area contributed by atoms with E-state index in [0.717, 1.165) is 17.4 Å². The summed E-state index contributed by atoms with van der Waals surface area (Å²) in [4.78, 5) is 31.1. The predicted octanol–water partition coefficient (Wildman–Crippen LogP) is 4.59. The minimum atomic E-state index is -0.179. The lowest BCUT2D eigenvalue weighted by Gasteiger charge is -2.13. The molecule has 1 aromatic carbocycles. The van der Waals surface area contributed by atoms with E-state index in [2.05, 4.69) is 30.4 Å². The van der Waals surface area contributed by atoms with E-state index in [1.54, 1.807) is 18.2 Å². The third kappa shape index (κ3) is 4.54. The standard InChI is InChI=1S/C22H24N2O2/c1-5-7-17(8-6-2)21-20(18-11-9-16(14-25)10-12-18)23-19(13-15(3)4)22(26)24-21/h5-12,14-15H,1,13H2,2-4H3,(H,24,26)/b8-6-,17-7+. The van der Waals surface area contributed by atoms with Crippen molar-refractivity contribution in [1.82, 2.24) is 9.97 Å². The second kappa shape index (κ2) is 8.90. The Morgan fingerprint density at radius 3 is 2.50 bits per heavy atom. The lowest BCUT2D eigenvalue weighted by atomic mass is 10.0. The first kappa shape index (κ1) is 19.3. The van der Waals surface area contributed by atoms with Crippen LogP contribution in [0.2, 0.25) is 0 Å². The van der Waals surface area contributed by atoms with Gasteiger partial charge in [-0.05, 0) is 24.8 Å². The number of benzene rings is 1. The first-order chi connectivity index (χ1) is 12.5. The van der Waals surface area contributed by atoms with E-state index in [4.69, 9.17) is 0 Å². The Labute approximate surface area is 154 Å². The van der Waals surface area contributed by atoms with Gasteiger partial charge in [0.25, 0.3) is 5.56 Å². The van der Waals surface area contributed by atoms with Gasteiger partial charge in [-0.1, -0.05) is 69.0 Å². The van der Waals surface area contributed by atoms with Gasteiger partial charge < -0.3 is 4.98 Å². The molecule has 26 heavy (non-hydrogen) atoms. The number of carbonyl (C=O) groups is 1. The van der Waals surface area contributed by atoms with Crippen LogP contribution in [0.25, 0.3) is 16.8 Å². The smallest absolute Gasteiger partial charge is 0.270 e. The molecule has 0 saturated heterocycles. The van der Waals surface area contributed by atoms with Crippen molar-refractivity contribution in [2.75, 3.05) is 0 Å². The van der Waals surface area contributed by atoms with E-state index < -0.39 is 0 Å². The van der Waals surface area contributed by atoms with Gasteiger partial charge in [0, 0.05) is 11.1 Å². The molecule has 4 nitrogen and oxygen atoms in total. The molecule has 0 unspecified atom stereocenters. The van der Waals surface area contributed by atoms with Crippen LogP contribution in [0.1, 0.15) is 42.5 Å². The second-order valence-electron chi connectivity index (χ2n) is 6.43. The topological polar surface area (TPSA) is 62.8 Å². The zero-order valence-electron chi connectivity index (χ0n) is 15.5. The monoisotopic (exact) mass is 348 g/mol. The third-order valence-electron chi connectivity index (χ3n) is 3.84. The fraction of sp³-hybridized carbons (Fsp3) is 0.227. The number of allylic oxidation sites excluding steroid dienone is 5. The average Bonchev–Trinajstić information content (AvgIpc) is 2.63. The largest absolute Gasteiger partial charge is 0.319 e. The lowest BCUT2D eigenvalue weighted by Crippen LogP contribution is -2.20. The van der Waals surface area contributed by atoms with Gasteiger partial charge in [-0.2, -0.15) is 0 Å². The van der Waals surface area contributed by atoms with Crippen molar-refractivity contribution in [2.45, 2.75) is 27.2 Å². The summed E-state index contributed by atoms with van der Waals surface area (Å²) in [6.07, 6.45) is 8.71. The molecule has 134 valence electrons. The maximum Gasteiger partial charge on any atom is 0.270 e. The molecule has 0 saturated carbocycles. The van der Waals surface area contributed by atoms with E-state index in [9.17, 15) is 9.59 Å². The highest BCUT2D eigenvalue weighted by Gasteiger charge is 2.15. The van der Waals surface area contributed by atoms with Crippen LogP contribution in [0, 0.1) is 5.92 Å². The van der Waals surface area contributed by atoms with Crippen LogP contribution in [-0.2, 0) is 6.42 Å². The molecule has 0 fully saturated rings. The quantitative estimate of drug-likeness (QED) is 0.588. The first-order valence-electron chi connectivity index (χ1n) is 8.64. The number of aromatic nitrogens is 2. The van der Waals surface area contributed by atoms with Crippen molar-refractivity contribution in [3.63, 3.8) is 0 Å². The Bertz CT molecular complexity index is 901. The van der Waals surface area contributed by atoms with Crippen LogP contribution in [0.4, 0.5) is 0 Å². The number of H-pyrrole nitrogens is 1. The molecule has 0 aliphatic rings. The molecule has 1 aromatic heterocycles. The lowest BCUT2D eigenvalue weighted by molar-refractivity contribution is 0.112. The summed E-state index contributed by atoms with van der Waals surface area (Å²) in [6, 6.07) is 7.17. The van der Waals surface area contributed by atoms with Crippen LogP contribution in [0.15, 0.2) is 59.9 Å².